The molecule has 0 spiro atoms. The molecule has 0 heterocycles. The van der Waals surface area contributed by atoms with Crippen molar-refractivity contribution in [1.82, 2.24) is 0 Å². The van der Waals surface area contributed by atoms with Gasteiger partial charge in [0.1, 0.15) is 0 Å². The van der Waals surface area contributed by atoms with E-state index >= 15 is 0 Å². The fraction of sp³-hybridized carbons (Fsp3) is 1.00. The van der Waals surface area contributed by atoms with Crippen molar-refractivity contribution in [1.29, 1.82) is 0 Å². The SMILES string of the molecule is CCCCOCCC(OCCCC)OCCCC. The molecular formula is C15H32O3. The van der Waals surface area contributed by atoms with Gasteiger partial charge in [0.05, 0.1) is 6.61 Å². The van der Waals surface area contributed by atoms with E-state index in [-0.39, 0.29) is 6.29 Å². The van der Waals surface area contributed by atoms with Crippen LogP contribution in [0.2, 0.25) is 0 Å². The predicted molar refractivity (Wildman–Crippen MR) is 75.9 cm³/mol. The summed E-state index contributed by atoms with van der Waals surface area (Å²) in [7, 11) is 0. The van der Waals surface area contributed by atoms with Crippen molar-refractivity contribution in [2.75, 3.05) is 26.4 Å². The minimum Gasteiger partial charge on any atom is -0.381 e. The monoisotopic (exact) mass is 260 g/mol. The number of unbranched alkanes of at least 4 members (excludes halogenated alkanes) is 3. The first-order chi connectivity index (χ1) is 8.85. The Kier molecular flexibility index (Phi) is 14.8. The van der Waals surface area contributed by atoms with Gasteiger partial charge in [-0.05, 0) is 19.3 Å². The van der Waals surface area contributed by atoms with E-state index in [0.29, 0.717) is 0 Å². The molecule has 3 heteroatoms. The number of hydrogen-bond donors (Lipinski definition) is 0. The molecule has 0 atom stereocenters. The van der Waals surface area contributed by atoms with Gasteiger partial charge in [-0.25, -0.2) is 0 Å². The van der Waals surface area contributed by atoms with Gasteiger partial charge in [0, 0.05) is 26.2 Å². The lowest BCUT2D eigenvalue weighted by molar-refractivity contribution is -0.153. The number of hydrogen-bond acceptors (Lipinski definition) is 3. The fourth-order valence-corrected chi connectivity index (χ4v) is 1.46. The second-order valence-electron chi connectivity index (χ2n) is 4.63. The van der Waals surface area contributed by atoms with Gasteiger partial charge >= 0.3 is 0 Å². The van der Waals surface area contributed by atoms with Crippen LogP contribution >= 0.6 is 0 Å². The van der Waals surface area contributed by atoms with Crippen LogP contribution in [0.5, 0.6) is 0 Å². The zero-order chi connectivity index (χ0) is 13.5. The molecule has 3 nitrogen and oxygen atoms in total. The maximum absolute atomic E-state index is 5.73. The second-order valence-corrected chi connectivity index (χ2v) is 4.63. The van der Waals surface area contributed by atoms with E-state index in [9.17, 15) is 0 Å². The lowest BCUT2D eigenvalue weighted by Crippen LogP contribution is -2.21. The van der Waals surface area contributed by atoms with Crippen LogP contribution in [0, 0.1) is 0 Å². The van der Waals surface area contributed by atoms with Crippen molar-refractivity contribution in [3.8, 4) is 0 Å². The summed E-state index contributed by atoms with van der Waals surface area (Å²) in [5.41, 5.74) is 0. The number of ether oxygens (including phenoxy) is 3. The Labute approximate surface area is 113 Å². The zero-order valence-corrected chi connectivity index (χ0v) is 12.6. The summed E-state index contributed by atoms with van der Waals surface area (Å²) in [6, 6.07) is 0. The molecule has 0 aromatic carbocycles. The normalized spacial score (nSPS) is 11.3. The third-order valence-electron chi connectivity index (χ3n) is 2.74. The Bertz CT molecular complexity index is 141. The van der Waals surface area contributed by atoms with Crippen LogP contribution in [0.4, 0.5) is 0 Å². The molecule has 0 bridgehead atoms. The largest absolute Gasteiger partial charge is 0.381 e. The molecule has 18 heavy (non-hydrogen) atoms. The molecule has 0 amide bonds. The van der Waals surface area contributed by atoms with Gasteiger partial charge in [-0.1, -0.05) is 40.0 Å². The molecule has 0 N–H and O–H groups in total. The van der Waals surface area contributed by atoms with E-state index in [0.717, 1.165) is 65.0 Å². The lowest BCUT2D eigenvalue weighted by atomic mass is 10.3. The van der Waals surface area contributed by atoms with Gasteiger partial charge in [-0.15, -0.1) is 0 Å². The molecule has 0 rings (SSSR count). The summed E-state index contributed by atoms with van der Waals surface area (Å²) in [6.07, 6.45) is 7.61. The molecule has 0 saturated heterocycles. The van der Waals surface area contributed by atoms with Crippen molar-refractivity contribution in [3.05, 3.63) is 0 Å². The van der Waals surface area contributed by atoms with Crippen molar-refractivity contribution >= 4 is 0 Å². The lowest BCUT2D eigenvalue weighted by Gasteiger charge is -2.18. The highest BCUT2D eigenvalue weighted by molar-refractivity contribution is 4.47. The van der Waals surface area contributed by atoms with Gasteiger partial charge in [0.2, 0.25) is 0 Å². The molecule has 0 aromatic heterocycles. The summed E-state index contributed by atoms with van der Waals surface area (Å²) >= 11 is 0. The molecule has 0 aliphatic heterocycles. The highest BCUT2D eigenvalue weighted by Gasteiger charge is 2.08. The predicted octanol–water partition coefficient (Wildman–Crippen LogP) is 4.15. The standard InChI is InChI=1S/C15H32O3/c1-4-7-11-16-14-10-15(17-12-8-5-2)18-13-9-6-3/h15H,4-14H2,1-3H3. The van der Waals surface area contributed by atoms with Gasteiger partial charge in [-0.2, -0.15) is 0 Å². The van der Waals surface area contributed by atoms with Crippen LogP contribution < -0.4 is 0 Å². The highest BCUT2D eigenvalue weighted by Crippen LogP contribution is 2.05. The average molecular weight is 260 g/mol. The third-order valence-corrected chi connectivity index (χ3v) is 2.74. The Morgan fingerprint density at radius 1 is 0.667 bits per heavy atom. The minimum absolute atomic E-state index is 0.0790. The van der Waals surface area contributed by atoms with Crippen molar-refractivity contribution in [2.45, 2.75) is 72.0 Å². The molecular weight excluding hydrogens is 228 g/mol. The number of rotatable bonds is 14. The topological polar surface area (TPSA) is 27.7 Å². The Hall–Kier alpha value is -0.120. The maximum atomic E-state index is 5.73. The Morgan fingerprint density at radius 3 is 1.67 bits per heavy atom. The zero-order valence-electron chi connectivity index (χ0n) is 12.6. The van der Waals surface area contributed by atoms with E-state index < -0.39 is 0 Å². The fourth-order valence-electron chi connectivity index (χ4n) is 1.46. The van der Waals surface area contributed by atoms with E-state index in [1.807, 2.05) is 0 Å². The van der Waals surface area contributed by atoms with Crippen LogP contribution in [-0.2, 0) is 14.2 Å². The summed E-state index contributed by atoms with van der Waals surface area (Å²) in [5.74, 6) is 0. The van der Waals surface area contributed by atoms with Gasteiger partial charge < -0.3 is 14.2 Å². The molecule has 0 aromatic rings. The third kappa shape index (κ3) is 12.3. The van der Waals surface area contributed by atoms with E-state index in [2.05, 4.69) is 20.8 Å². The van der Waals surface area contributed by atoms with Crippen molar-refractivity contribution in [3.63, 3.8) is 0 Å². The molecule has 0 aliphatic carbocycles. The molecule has 0 fully saturated rings. The Balaban J connectivity index is 3.60. The average Bonchev–Trinajstić information content (AvgIpc) is 2.38. The second kappa shape index (κ2) is 14.9. The quantitative estimate of drug-likeness (QED) is 0.347. The summed E-state index contributed by atoms with van der Waals surface area (Å²) in [4.78, 5) is 0. The first kappa shape index (κ1) is 17.9. The molecule has 0 radical (unpaired) electrons. The Morgan fingerprint density at radius 2 is 1.17 bits per heavy atom. The van der Waals surface area contributed by atoms with Crippen molar-refractivity contribution in [2.24, 2.45) is 0 Å². The first-order valence-corrected chi connectivity index (χ1v) is 7.66. The van der Waals surface area contributed by atoms with Crippen LogP contribution in [0.3, 0.4) is 0 Å². The summed E-state index contributed by atoms with van der Waals surface area (Å²) in [6.45, 7) is 9.70. The summed E-state index contributed by atoms with van der Waals surface area (Å²) < 4.78 is 17.0. The van der Waals surface area contributed by atoms with Crippen LogP contribution in [0.25, 0.3) is 0 Å². The molecule has 0 saturated carbocycles. The van der Waals surface area contributed by atoms with Gasteiger partial charge in [-0.3, -0.25) is 0 Å². The highest BCUT2D eigenvalue weighted by atomic mass is 16.7. The first-order valence-electron chi connectivity index (χ1n) is 7.66. The van der Waals surface area contributed by atoms with E-state index in [1.54, 1.807) is 0 Å². The molecule has 0 aliphatic rings. The maximum Gasteiger partial charge on any atom is 0.159 e. The van der Waals surface area contributed by atoms with E-state index in [1.165, 1.54) is 6.42 Å². The van der Waals surface area contributed by atoms with Gasteiger partial charge in [0.25, 0.3) is 0 Å². The smallest absolute Gasteiger partial charge is 0.159 e. The van der Waals surface area contributed by atoms with Crippen molar-refractivity contribution < 1.29 is 14.2 Å². The molecule has 110 valence electrons. The van der Waals surface area contributed by atoms with Gasteiger partial charge in [0.15, 0.2) is 6.29 Å². The minimum atomic E-state index is -0.0790. The van der Waals surface area contributed by atoms with E-state index in [4.69, 9.17) is 14.2 Å². The summed E-state index contributed by atoms with van der Waals surface area (Å²) in [5, 5.41) is 0. The van der Waals surface area contributed by atoms with Crippen LogP contribution in [0.15, 0.2) is 0 Å². The van der Waals surface area contributed by atoms with Crippen LogP contribution in [0.1, 0.15) is 65.7 Å². The molecule has 0 unspecified atom stereocenters. The van der Waals surface area contributed by atoms with Crippen LogP contribution in [-0.4, -0.2) is 32.7 Å².